The lowest BCUT2D eigenvalue weighted by Crippen LogP contribution is -2.28. The minimum Gasteiger partial charge on any atom is -0.495 e. The van der Waals surface area contributed by atoms with E-state index in [1.807, 2.05) is 0 Å². The highest BCUT2D eigenvalue weighted by Crippen LogP contribution is 2.32. The highest BCUT2D eigenvalue weighted by atomic mass is 35.5. The van der Waals surface area contributed by atoms with Gasteiger partial charge in [0.25, 0.3) is 15.9 Å². The summed E-state index contributed by atoms with van der Waals surface area (Å²) >= 11 is 6.10. The van der Waals surface area contributed by atoms with E-state index in [9.17, 15) is 13.2 Å². The van der Waals surface area contributed by atoms with Gasteiger partial charge in [-0.3, -0.25) is 9.10 Å². The van der Waals surface area contributed by atoms with Crippen molar-refractivity contribution in [3.63, 3.8) is 0 Å². The number of nitrogens with zero attached hydrogens (tertiary/aromatic N) is 1. The number of amides is 1. The minimum atomic E-state index is -3.90. The third kappa shape index (κ3) is 3.64. The average molecular weight is 395 g/mol. The summed E-state index contributed by atoms with van der Waals surface area (Å²) in [5.41, 5.74) is 0.544. The SMILES string of the molecule is COc1ccccc1N(C)S(=O)(=O)c1ccc(Cl)c(C(=O)NC2CC2)c1. The van der Waals surface area contributed by atoms with Crippen LogP contribution < -0.4 is 14.4 Å². The third-order valence-electron chi connectivity index (χ3n) is 4.18. The molecule has 0 atom stereocenters. The van der Waals surface area contributed by atoms with Crippen molar-refractivity contribution in [1.29, 1.82) is 0 Å². The molecule has 0 spiro atoms. The summed E-state index contributed by atoms with van der Waals surface area (Å²) in [6, 6.07) is 11.1. The highest BCUT2D eigenvalue weighted by Gasteiger charge is 2.28. The summed E-state index contributed by atoms with van der Waals surface area (Å²) in [7, 11) is -0.985. The topological polar surface area (TPSA) is 75.7 Å². The van der Waals surface area contributed by atoms with Crippen molar-refractivity contribution in [2.75, 3.05) is 18.5 Å². The van der Waals surface area contributed by atoms with Gasteiger partial charge >= 0.3 is 0 Å². The van der Waals surface area contributed by atoms with Crippen LogP contribution in [0.15, 0.2) is 47.4 Å². The first-order chi connectivity index (χ1) is 12.3. The minimum absolute atomic E-state index is 0.0174. The summed E-state index contributed by atoms with van der Waals surface area (Å²) < 4.78 is 32.4. The van der Waals surface area contributed by atoms with Gasteiger partial charge in [0.15, 0.2) is 0 Å². The van der Waals surface area contributed by atoms with Crippen LogP contribution in [0.1, 0.15) is 23.2 Å². The molecule has 6 nitrogen and oxygen atoms in total. The zero-order chi connectivity index (χ0) is 18.9. The van der Waals surface area contributed by atoms with Gasteiger partial charge < -0.3 is 10.1 Å². The lowest BCUT2D eigenvalue weighted by Gasteiger charge is -2.22. The van der Waals surface area contributed by atoms with Crippen LogP contribution in [-0.4, -0.2) is 34.5 Å². The molecular weight excluding hydrogens is 376 g/mol. The Kier molecular flexibility index (Phi) is 5.11. The summed E-state index contributed by atoms with van der Waals surface area (Å²) in [5.74, 6) is 0.0636. The van der Waals surface area contributed by atoms with E-state index in [1.165, 1.54) is 32.4 Å². The smallest absolute Gasteiger partial charge is 0.264 e. The van der Waals surface area contributed by atoms with Crippen LogP contribution >= 0.6 is 11.6 Å². The van der Waals surface area contributed by atoms with Crippen molar-refractivity contribution in [3.05, 3.63) is 53.1 Å². The first-order valence-corrected chi connectivity index (χ1v) is 9.88. The molecule has 0 radical (unpaired) electrons. The van der Waals surface area contributed by atoms with Crippen molar-refractivity contribution in [2.45, 2.75) is 23.8 Å². The number of halogens is 1. The van der Waals surface area contributed by atoms with Gasteiger partial charge in [0, 0.05) is 13.1 Å². The van der Waals surface area contributed by atoms with Gasteiger partial charge in [0.2, 0.25) is 0 Å². The maximum Gasteiger partial charge on any atom is 0.264 e. The fourth-order valence-corrected chi connectivity index (χ4v) is 3.94. The Morgan fingerprint density at radius 1 is 1.23 bits per heavy atom. The first-order valence-electron chi connectivity index (χ1n) is 8.07. The molecular formula is C18H19ClN2O4S. The van der Waals surface area contributed by atoms with Crippen molar-refractivity contribution in [2.24, 2.45) is 0 Å². The molecule has 0 saturated heterocycles. The third-order valence-corrected chi connectivity index (χ3v) is 6.27. The fourth-order valence-electron chi connectivity index (χ4n) is 2.51. The molecule has 1 fully saturated rings. The van der Waals surface area contributed by atoms with Gasteiger partial charge in [0.1, 0.15) is 5.75 Å². The number of nitrogens with one attached hydrogen (secondary N) is 1. The molecule has 1 aliphatic rings. The Labute approximate surface area is 157 Å². The van der Waals surface area contributed by atoms with E-state index in [0.717, 1.165) is 17.1 Å². The average Bonchev–Trinajstić information content (AvgIpc) is 3.45. The Hall–Kier alpha value is -2.25. The highest BCUT2D eigenvalue weighted by molar-refractivity contribution is 7.92. The van der Waals surface area contributed by atoms with Gasteiger partial charge in [-0.25, -0.2) is 8.42 Å². The lowest BCUT2D eigenvalue weighted by atomic mass is 10.2. The molecule has 0 bridgehead atoms. The summed E-state index contributed by atoms with van der Waals surface area (Å²) in [5, 5.41) is 3.03. The zero-order valence-electron chi connectivity index (χ0n) is 14.4. The fraction of sp³-hybridized carbons (Fsp3) is 0.278. The predicted molar refractivity (Wildman–Crippen MR) is 101 cm³/mol. The number of carbonyl (C=O) groups excluding carboxylic acids is 1. The number of anilines is 1. The van der Waals surface area contributed by atoms with Crippen LogP contribution in [0.4, 0.5) is 5.69 Å². The quantitative estimate of drug-likeness (QED) is 0.816. The number of ether oxygens (including phenoxy) is 1. The second-order valence-electron chi connectivity index (χ2n) is 6.03. The molecule has 0 unspecified atom stereocenters. The second kappa shape index (κ2) is 7.17. The van der Waals surface area contributed by atoms with Crippen LogP contribution in [-0.2, 0) is 10.0 Å². The second-order valence-corrected chi connectivity index (χ2v) is 8.41. The van der Waals surface area contributed by atoms with Crippen LogP contribution in [0.3, 0.4) is 0 Å². The van der Waals surface area contributed by atoms with E-state index in [-0.39, 0.29) is 27.4 Å². The Bertz CT molecular complexity index is 942. The number of benzene rings is 2. The molecule has 3 rings (SSSR count). The monoisotopic (exact) mass is 394 g/mol. The molecule has 1 aliphatic carbocycles. The van der Waals surface area contributed by atoms with E-state index in [1.54, 1.807) is 24.3 Å². The molecule has 1 N–H and O–H groups in total. The maximum atomic E-state index is 13.0. The normalized spacial score (nSPS) is 14.0. The standard InChI is InChI=1S/C18H19ClN2O4S/c1-21(16-5-3-4-6-17(16)25-2)26(23,24)13-9-10-15(19)14(11-13)18(22)20-12-7-8-12/h3-6,9-12H,7-8H2,1-2H3,(H,20,22). The molecule has 1 amide bonds. The zero-order valence-corrected chi connectivity index (χ0v) is 16.0. The van der Waals surface area contributed by atoms with E-state index >= 15 is 0 Å². The number of hydrogen-bond donors (Lipinski definition) is 1. The number of carbonyl (C=O) groups is 1. The number of methoxy groups -OCH3 is 1. The molecule has 0 aromatic heterocycles. The molecule has 138 valence electrons. The molecule has 0 heterocycles. The Balaban J connectivity index is 1.97. The van der Waals surface area contributed by atoms with E-state index in [0.29, 0.717) is 11.4 Å². The van der Waals surface area contributed by atoms with Crippen LogP contribution in [0, 0.1) is 0 Å². The number of rotatable bonds is 6. The number of sulfonamides is 1. The molecule has 0 aliphatic heterocycles. The maximum absolute atomic E-state index is 13.0. The summed E-state index contributed by atoms with van der Waals surface area (Å²) in [6.45, 7) is 0. The van der Waals surface area contributed by atoms with Crippen LogP contribution in [0.5, 0.6) is 5.75 Å². The van der Waals surface area contributed by atoms with Crippen molar-refractivity contribution >= 4 is 33.2 Å². The molecule has 2 aromatic carbocycles. The Morgan fingerprint density at radius 3 is 2.58 bits per heavy atom. The summed E-state index contributed by atoms with van der Waals surface area (Å²) in [6.07, 6.45) is 1.86. The molecule has 26 heavy (non-hydrogen) atoms. The van der Waals surface area contributed by atoms with Crippen molar-refractivity contribution in [1.82, 2.24) is 5.32 Å². The van der Waals surface area contributed by atoms with Gasteiger partial charge in [-0.2, -0.15) is 0 Å². The Morgan fingerprint density at radius 2 is 1.92 bits per heavy atom. The number of para-hydroxylation sites is 2. The predicted octanol–water partition coefficient (Wildman–Crippen LogP) is 3.07. The van der Waals surface area contributed by atoms with Crippen molar-refractivity contribution < 1.29 is 17.9 Å². The van der Waals surface area contributed by atoms with Crippen LogP contribution in [0.25, 0.3) is 0 Å². The van der Waals surface area contributed by atoms with Crippen molar-refractivity contribution in [3.8, 4) is 5.75 Å². The van der Waals surface area contributed by atoms with Gasteiger partial charge in [0.05, 0.1) is 28.3 Å². The number of hydrogen-bond acceptors (Lipinski definition) is 4. The van der Waals surface area contributed by atoms with E-state index < -0.39 is 10.0 Å². The lowest BCUT2D eigenvalue weighted by molar-refractivity contribution is 0.0951. The van der Waals surface area contributed by atoms with Crippen LogP contribution in [0.2, 0.25) is 5.02 Å². The van der Waals surface area contributed by atoms with Gasteiger partial charge in [-0.05, 0) is 43.2 Å². The first kappa shape index (κ1) is 18.5. The largest absolute Gasteiger partial charge is 0.495 e. The van der Waals surface area contributed by atoms with Gasteiger partial charge in [-0.1, -0.05) is 23.7 Å². The van der Waals surface area contributed by atoms with Gasteiger partial charge in [-0.15, -0.1) is 0 Å². The summed E-state index contributed by atoms with van der Waals surface area (Å²) in [4.78, 5) is 12.3. The van der Waals surface area contributed by atoms with E-state index in [2.05, 4.69) is 5.32 Å². The van der Waals surface area contributed by atoms with E-state index in [4.69, 9.17) is 16.3 Å². The molecule has 8 heteroatoms. The molecule has 1 saturated carbocycles. The molecule has 2 aromatic rings.